The highest BCUT2D eigenvalue weighted by atomic mass is 35.5. The zero-order valence-electron chi connectivity index (χ0n) is 9.09. The van der Waals surface area contributed by atoms with E-state index in [2.05, 4.69) is 5.32 Å². The number of carbonyl (C=O) groups excluding carboxylic acids is 1. The summed E-state index contributed by atoms with van der Waals surface area (Å²) in [7, 11) is 0. The van der Waals surface area contributed by atoms with Gasteiger partial charge in [0, 0.05) is 13.2 Å². The van der Waals surface area contributed by atoms with E-state index in [-0.39, 0.29) is 22.5 Å². The number of amides is 1. The lowest BCUT2D eigenvalue weighted by Crippen LogP contribution is -2.39. The fourth-order valence-corrected chi connectivity index (χ4v) is 1.91. The van der Waals surface area contributed by atoms with Gasteiger partial charge in [-0.2, -0.15) is 0 Å². The van der Waals surface area contributed by atoms with Crippen molar-refractivity contribution in [1.82, 2.24) is 5.32 Å². The van der Waals surface area contributed by atoms with Crippen LogP contribution in [0.5, 0.6) is 0 Å². The van der Waals surface area contributed by atoms with Crippen LogP contribution in [0.4, 0.5) is 0 Å². The summed E-state index contributed by atoms with van der Waals surface area (Å²) in [6.45, 7) is 3.25. The van der Waals surface area contributed by atoms with Gasteiger partial charge in [-0.1, -0.05) is 0 Å². The molecule has 0 aromatic carbocycles. The molecule has 16 heavy (non-hydrogen) atoms. The first-order chi connectivity index (χ1) is 7.59. The van der Waals surface area contributed by atoms with E-state index in [0.717, 1.165) is 19.4 Å². The van der Waals surface area contributed by atoms with Gasteiger partial charge in [-0.3, -0.25) is 4.79 Å². The fraction of sp³-hybridized carbons (Fsp3) is 0.545. The largest absolute Gasteiger partial charge is 0.440 e. The van der Waals surface area contributed by atoms with Crippen LogP contribution in [0.2, 0.25) is 5.22 Å². The van der Waals surface area contributed by atoms with Crippen molar-refractivity contribution >= 4 is 17.5 Å². The molecule has 1 atom stereocenters. The van der Waals surface area contributed by atoms with Gasteiger partial charge in [-0.25, -0.2) is 0 Å². The van der Waals surface area contributed by atoms with Gasteiger partial charge in [0.1, 0.15) is 0 Å². The van der Waals surface area contributed by atoms with Gasteiger partial charge in [0.15, 0.2) is 11.0 Å². The molecule has 88 valence electrons. The van der Waals surface area contributed by atoms with Crippen LogP contribution in [0.3, 0.4) is 0 Å². The SMILES string of the molecule is CC1(CNC(=O)c2ccc(Cl)o2)CCCO1. The molecule has 1 amide bonds. The van der Waals surface area contributed by atoms with Crippen LogP contribution in [-0.2, 0) is 4.74 Å². The molecule has 1 unspecified atom stereocenters. The van der Waals surface area contributed by atoms with Crippen LogP contribution in [0.25, 0.3) is 0 Å². The Labute approximate surface area is 98.9 Å². The molecule has 1 N–H and O–H groups in total. The minimum atomic E-state index is -0.261. The number of rotatable bonds is 3. The maximum Gasteiger partial charge on any atom is 0.287 e. The van der Waals surface area contributed by atoms with Crippen molar-refractivity contribution in [3.63, 3.8) is 0 Å². The number of hydrogen-bond donors (Lipinski definition) is 1. The zero-order chi connectivity index (χ0) is 11.6. The Hall–Kier alpha value is -1.00. The molecule has 1 fully saturated rings. The van der Waals surface area contributed by atoms with Crippen molar-refractivity contribution in [3.8, 4) is 0 Å². The van der Waals surface area contributed by atoms with E-state index in [0.29, 0.717) is 6.54 Å². The second-order valence-corrected chi connectivity index (χ2v) is 4.56. The Morgan fingerprint density at radius 3 is 3.00 bits per heavy atom. The quantitative estimate of drug-likeness (QED) is 0.886. The minimum Gasteiger partial charge on any atom is -0.440 e. The molecular formula is C11H14ClNO3. The van der Waals surface area contributed by atoms with Crippen LogP contribution >= 0.6 is 11.6 Å². The van der Waals surface area contributed by atoms with Crippen LogP contribution < -0.4 is 5.32 Å². The molecule has 2 heterocycles. The summed E-state index contributed by atoms with van der Waals surface area (Å²) in [6, 6.07) is 3.10. The first kappa shape index (κ1) is 11.5. The monoisotopic (exact) mass is 243 g/mol. The number of furan rings is 1. The minimum absolute atomic E-state index is 0.216. The Kier molecular flexibility index (Phi) is 3.21. The molecule has 0 saturated carbocycles. The van der Waals surface area contributed by atoms with Gasteiger partial charge in [0.25, 0.3) is 5.91 Å². The molecule has 4 nitrogen and oxygen atoms in total. The molecular weight excluding hydrogens is 230 g/mol. The van der Waals surface area contributed by atoms with Crippen molar-refractivity contribution in [2.75, 3.05) is 13.2 Å². The maximum atomic E-state index is 11.6. The van der Waals surface area contributed by atoms with Crippen molar-refractivity contribution in [2.24, 2.45) is 0 Å². The fourth-order valence-electron chi connectivity index (χ4n) is 1.77. The lowest BCUT2D eigenvalue weighted by molar-refractivity contribution is 0.0203. The molecule has 1 aromatic heterocycles. The summed E-state index contributed by atoms with van der Waals surface area (Å²) in [5.41, 5.74) is -0.244. The Morgan fingerprint density at radius 1 is 1.62 bits per heavy atom. The molecule has 0 radical (unpaired) electrons. The summed E-state index contributed by atoms with van der Waals surface area (Å²) in [5, 5.41) is 2.99. The third-order valence-electron chi connectivity index (χ3n) is 2.72. The molecule has 5 heteroatoms. The highest BCUT2D eigenvalue weighted by molar-refractivity contribution is 6.29. The van der Waals surface area contributed by atoms with E-state index in [4.69, 9.17) is 20.8 Å². The predicted octanol–water partition coefficient (Wildman–Crippen LogP) is 2.23. The number of carbonyl (C=O) groups is 1. The van der Waals surface area contributed by atoms with Gasteiger partial charge in [0.05, 0.1) is 5.60 Å². The molecule has 0 bridgehead atoms. The Balaban J connectivity index is 1.88. The van der Waals surface area contributed by atoms with Crippen molar-refractivity contribution in [3.05, 3.63) is 23.1 Å². The third kappa shape index (κ3) is 2.57. The lowest BCUT2D eigenvalue weighted by Gasteiger charge is -2.22. The second kappa shape index (κ2) is 4.47. The van der Waals surface area contributed by atoms with E-state index >= 15 is 0 Å². The highest BCUT2D eigenvalue weighted by Gasteiger charge is 2.30. The average Bonchev–Trinajstić information content (AvgIpc) is 2.85. The molecule has 1 aromatic rings. The standard InChI is InChI=1S/C11H14ClNO3/c1-11(5-2-6-15-11)7-13-10(14)8-3-4-9(12)16-8/h3-4H,2,5-7H2,1H3,(H,13,14). The molecule has 1 saturated heterocycles. The van der Waals surface area contributed by atoms with E-state index in [1.54, 1.807) is 12.1 Å². The Morgan fingerprint density at radius 2 is 2.44 bits per heavy atom. The van der Waals surface area contributed by atoms with Gasteiger partial charge in [0.2, 0.25) is 0 Å². The van der Waals surface area contributed by atoms with Gasteiger partial charge in [-0.15, -0.1) is 0 Å². The summed E-state index contributed by atoms with van der Waals surface area (Å²) < 4.78 is 10.6. The predicted molar refractivity (Wildman–Crippen MR) is 59.6 cm³/mol. The summed E-state index contributed by atoms with van der Waals surface area (Å²) >= 11 is 5.59. The molecule has 1 aliphatic heterocycles. The van der Waals surface area contributed by atoms with Crippen LogP contribution in [0.1, 0.15) is 30.3 Å². The van der Waals surface area contributed by atoms with E-state index in [1.165, 1.54) is 0 Å². The number of hydrogen-bond acceptors (Lipinski definition) is 3. The lowest BCUT2D eigenvalue weighted by atomic mass is 10.0. The summed E-state index contributed by atoms with van der Waals surface area (Å²) in [5.74, 6) is -0.0322. The molecule has 0 aliphatic carbocycles. The summed E-state index contributed by atoms with van der Waals surface area (Å²) in [6.07, 6.45) is 2.01. The van der Waals surface area contributed by atoms with Crippen molar-refractivity contribution in [1.29, 1.82) is 0 Å². The number of nitrogens with one attached hydrogen (secondary N) is 1. The van der Waals surface area contributed by atoms with E-state index < -0.39 is 0 Å². The zero-order valence-corrected chi connectivity index (χ0v) is 9.84. The molecule has 0 spiro atoms. The second-order valence-electron chi connectivity index (χ2n) is 4.19. The summed E-state index contributed by atoms with van der Waals surface area (Å²) in [4.78, 5) is 11.6. The van der Waals surface area contributed by atoms with Gasteiger partial charge >= 0.3 is 0 Å². The average molecular weight is 244 g/mol. The molecule has 1 aliphatic rings. The van der Waals surface area contributed by atoms with Crippen molar-refractivity contribution in [2.45, 2.75) is 25.4 Å². The first-order valence-electron chi connectivity index (χ1n) is 5.27. The number of ether oxygens (including phenoxy) is 1. The first-order valence-corrected chi connectivity index (χ1v) is 5.64. The third-order valence-corrected chi connectivity index (χ3v) is 2.92. The van der Waals surface area contributed by atoms with Crippen LogP contribution in [0, 0.1) is 0 Å². The van der Waals surface area contributed by atoms with Gasteiger partial charge in [-0.05, 0) is 43.5 Å². The van der Waals surface area contributed by atoms with Gasteiger partial charge < -0.3 is 14.5 Å². The topological polar surface area (TPSA) is 51.5 Å². The molecule has 2 rings (SSSR count). The van der Waals surface area contributed by atoms with E-state index in [9.17, 15) is 4.79 Å². The van der Waals surface area contributed by atoms with Crippen molar-refractivity contribution < 1.29 is 13.9 Å². The van der Waals surface area contributed by atoms with Crippen LogP contribution in [-0.4, -0.2) is 24.7 Å². The Bertz CT molecular complexity index is 382. The number of halogens is 1. The normalized spacial score (nSPS) is 24.6. The smallest absolute Gasteiger partial charge is 0.287 e. The highest BCUT2D eigenvalue weighted by Crippen LogP contribution is 2.24. The van der Waals surface area contributed by atoms with E-state index in [1.807, 2.05) is 6.92 Å². The van der Waals surface area contributed by atoms with Crippen LogP contribution in [0.15, 0.2) is 16.5 Å². The maximum absolute atomic E-state index is 11.6.